The molecule has 9 heteroatoms. The number of para-hydroxylation sites is 2. The fourth-order valence-electron chi connectivity index (χ4n) is 5.11. The summed E-state index contributed by atoms with van der Waals surface area (Å²) >= 11 is 1.24. The lowest BCUT2D eigenvalue weighted by Gasteiger charge is -2.32. The number of benzene rings is 2. The summed E-state index contributed by atoms with van der Waals surface area (Å²) in [6.07, 6.45) is 0.708. The molecule has 0 aliphatic carbocycles. The van der Waals surface area contributed by atoms with Gasteiger partial charge in [-0.2, -0.15) is 0 Å². The van der Waals surface area contributed by atoms with E-state index in [2.05, 4.69) is 10.2 Å². The number of aromatic nitrogens is 2. The average Bonchev–Trinajstić information content (AvgIpc) is 3.50. The normalized spacial score (nSPS) is 18.9. The summed E-state index contributed by atoms with van der Waals surface area (Å²) in [6, 6.07) is 14.1. The van der Waals surface area contributed by atoms with Gasteiger partial charge in [0.1, 0.15) is 10.6 Å². The lowest BCUT2D eigenvalue weighted by molar-refractivity contribution is -0.121. The Hall–Kier alpha value is -3.85. The SMILES string of the molecule is CCCN1C(=O)C2(c3ccccc31)c1c(oc3ccccc3c1=O)C(=O)N2c1nnc(C(C)C)s1. The Morgan fingerprint density at radius 1 is 1.03 bits per heavy atom. The van der Waals surface area contributed by atoms with Crippen molar-refractivity contribution in [2.75, 3.05) is 16.3 Å². The number of fused-ring (bicyclic) bond motifs is 5. The second kappa shape index (κ2) is 7.58. The first-order valence-electron chi connectivity index (χ1n) is 11.6. The average molecular weight is 487 g/mol. The first-order chi connectivity index (χ1) is 16.9. The van der Waals surface area contributed by atoms with Crippen LogP contribution in [0.5, 0.6) is 0 Å². The lowest BCUT2D eigenvalue weighted by Crippen LogP contribution is -2.53. The summed E-state index contributed by atoms with van der Waals surface area (Å²) in [4.78, 5) is 45.4. The third kappa shape index (κ3) is 2.70. The molecule has 0 saturated heterocycles. The van der Waals surface area contributed by atoms with Crippen molar-refractivity contribution in [3.63, 3.8) is 0 Å². The maximum absolute atomic E-state index is 14.4. The van der Waals surface area contributed by atoms with E-state index in [0.717, 1.165) is 5.01 Å². The van der Waals surface area contributed by atoms with Crippen LogP contribution in [0, 0.1) is 0 Å². The second-order valence-corrected chi connectivity index (χ2v) is 10.0. The standard InChI is InChI=1S/C26H22N4O4S/c1-4-13-29-17-11-7-6-10-16(17)26(24(29)33)19-20(31)15-9-5-8-12-18(15)34-21(19)23(32)30(26)25-28-27-22(35-25)14(2)3/h5-12,14H,4,13H2,1-3H3. The van der Waals surface area contributed by atoms with Gasteiger partial charge in [0.05, 0.1) is 16.6 Å². The van der Waals surface area contributed by atoms with Crippen LogP contribution in [0.1, 0.15) is 59.8 Å². The van der Waals surface area contributed by atoms with E-state index >= 15 is 0 Å². The van der Waals surface area contributed by atoms with Gasteiger partial charge in [0.2, 0.25) is 10.9 Å². The molecule has 1 atom stereocenters. The van der Waals surface area contributed by atoms with Gasteiger partial charge in [0.15, 0.2) is 11.0 Å². The van der Waals surface area contributed by atoms with E-state index < -0.39 is 16.9 Å². The van der Waals surface area contributed by atoms with Crippen molar-refractivity contribution >= 4 is 44.9 Å². The predicted octanol–water partition coefficient (Wildman–Crippen LogP) is 4.43. The molecule has 4 aromatic rings. The van der Waals surface area contributed by atoms with E-state index in [9.17, 15) is 14.4 Å². The number of carbonyl (C=O) groups is 2. The van der Waals surface area contributed by atoms with Crippen molar-refractivity contribution in [1.29, 1.82) is 0 Å². The van der Waals surface area contributed by atoms with Gasteiger partial charge < -0.3 is 9.32 Å². The Bertz CT molecular complexity index is 1590. The Morgan fingerprint density at radius 3 is 2.51 bits per heavy atom. The molecule has 8 nitrogen and oxygen atoms in total. The quantitative estimate of drug-likeness (QED) is 0.423. The Labute approximate surface area is 204 Å². The molecule has 0 fully saturated rings. The first-order valence-corrected chi connectivity index (χ1v) is 12.4. The van der Waals surface area contributed by atoms with E-state index in [-0.39, 0.29) is 28.3 Å². The van der Waals surface area contributed by atoms with Crippen molar-refractivity contribution in [3.8, 4) is 0 Å². The zero-order chi connectivity index (χ0) is 24.5. The molecule has 1 unspecified atom stereocenters. The van der Waals surface area contributed by atoms with Crippen LogP contribution < -0.4 is 15.2 Å². The first kappa shape index (κ1) is 21.7. The molecule has 4 heterocycles. The maximum atomic E-state index is 14.4. The summed E-state index contributed by atoms with van der Waals surface area (Å²) in [5.41, 5.74) is -0.533. The molecule has 2 amide bonds. The van der Waals surface area contributed by atoms with Crippen LogP contribution in [0.4, 0.5) is 10.8 Å². The Balaban J connectivity index is 1.75. The smallest absolute Gasteiger partial charge is 0.297 e. The lowest BCUT2D eigenvalue weighted by atomic mass is 9.84. The molecule has 2 aromatic heterocycles. The van der Waals surface area contributed by atoms with Gasteiger partial charge in [0, 0.05) is 18.0 Å². The highest BCUT2D eigenvalue weighted by Gasteiger charge is 2.66. The Kier molecular flexibility index (Phi) is 4.69. The van der Waals surface area contributed by atoms with Gasteiger partial charge in [-0.15, -0.1) is 10.2 Å². The summed E-state index contributed by atoms with van der Waals surface area (Å²) in [7, 11) is 0. The Morgan fingerprint density at radius 2 is 1.77 bits per heavy atom. The molecule has 1 spiro atoms. The van der Waals surface area contributed by atoms with Crippen LogP contribution in [0.15, 0.2) is 57.7 Å². The van der Waals surface area contributed by atoms with Gasteiger partial charge in [-0.1, -0.05) is 62.4 Å². The molecule has 0 saturated carbocycles. The number of carbonyl (C=O) groups excluding carboxylic acids is 2. The molecular weight excluding hydrogens is 464 g/mol. The van der Waals surface area contributed by atoms with Gasteiger partial charge in [-0.3, -0.25) is 19.3 Å². The molecule has 0 N–H and O–H groups in total. The third-order valence-corrected chi connectivity index (χ3v) is 7.80. The molecule has 0 radical (unpaired) electrons. The van der Waals surface area contributed by atoms with Crippen LogP contribution in [-0.2, 0) is 10.3 Å². The van der Waals surface area contributed by atoms with Gasteiger partial charge >= 0.3 is 0 Å². The molecular formula is C26H22N4O4S. The molecule has 35 heavy (non-hydrogen) atoms. The number of hydrogen-bond donors (Lipinski definition) is 0. The van der Waals surface area contributed by atoms with Crippen molar-refractivity contribution < 1.29 is 14.0 Å². The van der Waals surface area contributed by atoms with Gasteiger partial charge in [0.25, 0.3) is 11.8 Å². The molecule has 2 aromatic carbocycles. The fraction of sp³-hybridized carbons (Fsp3) is 0.269. The highest BCUT2D eigenvalue weighted by Crippen LogP contribution is 2.54. The summed E-state index contributed by atoms with van der Waals surface area (Å²) < 4.78 is 6.04. The van der Waals surface area contributed by atoms with E-state index in [1.54, 1.807) is 35.2 Å². The van der Waals surface area contributed by atoms with E-state index in [1.807, 2.05) is 39.0 Å². The van der Waals surface area contributed by atoms with Crippen LogP contribution in [0.3, 0.4) is 0 Å². The molecule has 2 aliphatic heterocycles. The number of amides is 2. The summed E-state index contributed by atoms with van der Waals surface area (Å²) in [5, 5.41) is 9.88. The number of anilines is 2. The van der Waals surface area contributed by atoms with E-state index in [4.69, 9.17) is 4.42 Å². The molecule has 0 bridgehead atoms. The maximum Gasteiger partial charge on any atom is 0.297 e. The summed E-state index contributed by atoms with van der Waals surface area (Å²) in [6.45, 7) is 6.39. The fourth-order valence-corrected chi connectivity index (χ4v) is 6.00. The minimum absolute atomic E-state index is 0.0403. The second-order valence-electron chi connectivity index (χ2n) is 9.03. The van der Waals surface area contributed by atoms with Crippen molar-refractivity contribution in [2.45, 2.75) is 38.6 Å². The zero-order valence-electron chi connectivity index (χ0n) is 19.4. The zero-order valence-corrected chi connectivity index (χ0v) is 20.3. The van der Waals surface area contributed by atoms with E-state index in [0.29, 0.717) is 35.2 Å². The largest absolute Gasteiger partial charge is 0.450 e. The van der Waals surface area contributed by atoms with Crippen LogP contribution in [0.2, 0.25) is 0 Å². The third-order valence-electron chi connectivity index (χ3n) is 6.59. The topological polar surface area (TPSA) is 96.6 Å². The number of nitrogens with zero attached hydrogens (tertiary/aromatic N) is 4. The van der Waals surface area contributed by atoms with Crippen molar-refractivity contribution in [3.05, 3.63) is 80.6 Å². The molecule has 176 valence electrons. The highest BCUT2D eigenvalue weighted by atomic mass is 32.1. The monoisotopic (exact) mass is 486 g/mol. The van der Waals surface area contributed by atoms with E-state index in [1.165, 1.54) is 16.2 Å². The van der Waals surface area contributed by atoms with Crippen LogP contribution in [0.25, 0.3) is 11.0 Å². The molecule has 2 aliphatic rings. The van der Waals surface area contributed by atoms with Gasteiger partial charge in [-0.25, -0.2) is 0 Å². The highest BCUT2D eigenvalue weighted by molar-refractivity contribution is 7.15. The summed E-state index contributed by atoms with van der Waals surface area (Å²) in [5.74, 6) is -0.980. The minimum Gasteiger partial charge on any atom is -0.450 e. The van der Waals surface area contributed by atoms with Gasteiger partial charge in [-0.05, 0) is 24.6 Å². The predicted molar refractivity (Wildman–Crippen MR) is 133 cm³/mol. The van der Waals surface area contributed by atoms with Crippen molar-refractivity contribution in [1.82, 2.24) is 10.2 Å². The van der Waals surface area contributed by atoms with Crippen LogP contribution >= 0.6 is 11.3 Å². The van der Waals surface area contributed by atoms with Crippen LogP contribution in [-0.4, -0.2) is 28.6 Å². The minimum atomic E-state index is -1.71. The molecule has 6 rings (SSSR count). The number of hydrogen-bond acceptors (Lipinski definition) is 7. The number of rotatable bonds is 4. The van der Waals surface area contributed by atoms with Crippen molar-refractivity contribution in [2.24, 2.45) is 0 Å².